The summed E-state index contributed by atoms with van der Waals surface area (Å²) in [6, 6.07) is 4.70. The van der Waals surface area contributed by atoms with E-state index in [4.69, 9.17) is 14.6 Å². The number of hydrogen-bond acceptors (Lipinski definition) is 4. The predicted octanol–water partition coefficient (Wildman–Crippen LogP) is 1.69. The number of nitrogens with two attached hydrogens (primary N) is 1. The Morgan fingerprint density at radius 3 is 2.47 bits per heavy atom. The Bertz CT molecular complexity index is 511. The highest BCUT2D eigenvalue weighted by Crippen LogP contribution is 2.20. The van der Waals surface area contributed by atoms with Crippen LogP contribution in [0.3, 0.4) is 0 Å². The van der Waals surface area contributed by atoms with Crippen molar-refractivity contribution < 1.29 is 17.9 Å². The fourth-order valence-corrected chi connectivity index (χ4v) is 2.33. The second-order valence-corrected chi connectivity index (χ2v) is 6.32. The summed E-state index contributed by atoms with van der Waals surface area (Å²) in [4.78, 5) is 0.121. The van der Waals surface area contributed by atoms with Crippen molar-refractivity contribution in [2.75, 3.05) is 19.8 Å². The van der Waals surface area contributed by atoms with Crippen LogP contribution in [-0.4, -0.2) is 28.2 Å². The topological polar surface area (TPSA) is 78.6 Å². The standard InChI is InChI=1S/C13H21NO4S/c1-10(2)9-17-6-7-18-12-4-5-13(11(3)8-12)19(14,15)16/h4-5,8,10H,6-7,9H2,1-3H3,(H2,14,15,16). The van der Waals surface area contributed by atoms with Crippen LogP contribution in [-0.2, 0) is 14.8 Å². The Balaban J connectivity index is 2.51. The number of aryl methyl sites for hydroxylation is 1. The molecule has 0 aliphatic heterocycles. The van der Waals surface area contributed by atoms with Gasteiger partial charge in [-0.15, -0.1) is 0 Å². The lowest BCUT2D eigenvalue weighted by Gasteiger charge is -2.10. The SMILES string of the molecule is Cc1cc(OCCOCC(C)C)ccc1S(N)(=O)=O. The van der Waals surface area contributed by atoms with E-state index in [1.54, 1.807) is 19.1 Å². The van der Waals surface area contributed by atoms with Gasteiger partial charge in [0.1, 0.15) is 12.4 Å². The summed E-state index contributed by atoms with van der Waals surface area (Å²) < 4.78 is 33.3. The Labute approximate surface area is 114 Å². The second kappa shape index (κ2) is 6.88. The average molecular weight is 287 g/mol. The number of hydrogen-bond donors (Lipinski definition) is 1. The minimum absolute atomic E-state index is 0.121. The molecule has 0 amide bonds. The first kappa shape index (κ1) is 15.9. The molecule has 1 rings (SSSR count). The van der Waals surface area contributed by atoms with E-state index in [1.165, 1.54) is 6.07 Å². The summed E-state index contributed by atoms with van der Waals surface area (Å²) in [7, 11) is -3.67. The lowest BCUT2D eigenvalue weighted by molar-refractivity contribution is 0.0818. The van der Waals surface area contributed by atoms with Gasteiger partial charge in [-0.3, -0.25) is 0 Å². The smallest absolute Gasteiger partial charge is 0.238 e. The third-order valence-corrected chi connectivity index (χ3v) is 3.47. The first-order valence-corrected chi connectivity index (χ1v) is 7.69. The summed E-state index contributed by atoms with van der Waals surface area (Å²) in [5.41, 5.74) is 0.572. The first-order valence-electron chi connectivity index (χ1n) is 6.14. The lowest BCUT2D eigenvalue weighted by Crippen LogP contribution is -2.14. The van der Waals surface area contributed by atoms with E-state index >= 15 is 0 Å². The van der Waals surface area contributed by atoms with E-state index in [1.807, 2.05) is 0 Å². The molecule has 108 valence electrons. The Morgan fingerprint density at radius 1 is 1.26 bits per heavy atom. The van der Waals surface area contributed by atoms with Gasteiger partial charge in [0.15, 0.2) is 0 Å². The maximum absolute atomic E-state index is 11.2. The van der Waals surface area contributed by atoms with Gasteiger partial charge in [-0.05, 0) is 36.6 Å². The monoisotopic (exact) mass is 287 g/mol. The Morgan fingerprint density at radius 2 is 1.95 bits per heavy atom. The lowest BCUT2D eigenvalue weighted by atomic mass is 10.2. The van der Waals surface area contributed by atoms with E-state index in [0.717, 1.165) is 0 Å². The Kier molecular flexibility index (Phi) is 5.78. The molecule has 6 heteroatoms. The zero-order valence-electron chi connectivity index (χ0n) is 11.5. The summed E-state index contributed by atoms with van der Waals surface area (Å²) in [5.74, 6) is 1.11. The number of ether oxygens (including phenoxy) is 2. The molecule has 0 aromatic heterocycles. The Hall–Kier alpha value is -1.11. The van der Waals surface area contributed by atoms with Crippen LogP contribution in [0.2, 0.25) is 0 Å². The van der Waals surface area contributed by atoms with Crippen molar-refractivity contribution in [3.8, 4) is 5.75 Å². The molecule has 0 saturated heterocycles. The fraction of sp³-hybridized carbons (Fsp3) is 0.538. The van der Waals surface area contributed by atoms with Crippen molar-refractivity contribution in [2.24, 2.45) is 11.1 Å². The van der Waals surface area contributed by atoms with Crippen molar-refractivity contribution in [3.63, 3.8) is 0 Å². The molecule has 0 spiro atoms. The van der Waals surface area contributed by atoms with Crippen LogP contribution in [0.25, 0.3) is 0 Å². The fourth-order valence-electron chi connectivity index (χ4n) is 1.57. The van der Waals surface area contributed by atoms with Crippen LogP contribution >= 0.6 is 0 Å². The molecule has 19 heavy (non-hydrogen) atoms. The zero-order chi connectivity index (χ0) is 14.5. The van der Waals surface area contributed by atoms with Crippen molar-refractivity contribution in [1.82, 2.24) is 0 Å². The minimum Gasteiger partial charge on any atom is -0.491 e. The number of primary sulfonamides is 1. The number of benzene rings is 1. The quantitative estimate of drug-likeness (QED) is 0.774. The van der Waals surface area contributed by atoms with E-state index in [0.29, 0.717) is 37.1 Å². The van der Waals surface area contributed by atoms with Gasteiger partial charge < -0.3 is 9.47 Å². The molecule has 0 atom stereocenters. The van der Waals surface area contributed by atoms with Crippen molar-refractivity contribution in [3.05, 3.63) is 23.8 Å². The van der Waals surface area contributed by atoms with E-state index in [-0.39, 0.29) is 4.90 Å². The molecule has 0 heterocycles. The van der Waals surface area contributed by atoms with Gasteiger partial charge in [-0.25, -0.2) is 13.6 Å². The van der Waals surface area contributed by atoms with Crippen molar-refractivity contribution in [1.29, 1.82) is 0 Å². The van der Waals surface area contributed by atoms with Gasteiger partial charge in [0.2, 0.25) is 10.0 Å². The predicted molar refractivity (Wildman–Crippen MR) is 73.7 cm³/mol. The summed E-state index contributed by atoms with van der Waals surface area (Å²) in [5, 5.41) is 5.09. The molecule has 0 fully saturated rings. The minimum atomic E-state index is -3.67. The normalized spacial score (nSPS) is 11.8. The molecule has 0 saturated carbocycles. The second-order valence-electron chi connectivity index (χ2n) is 4.79. The average Bonchev–Trinajstić information content (AvgIpc) is 2.26. The highest BCUT2D eigenvalue weighted by molar-refractivity contribution is 7.89. The summed E-state index contributed by atoms with van der Waals surface area (Å²) in [6.07, 6.45) is 0. The highest BCUT2D eigenvalue weighted by Gasteiger charge is 2.11. The van der Waals surface area contributed by atoms with Gasteiger partial charge in [0.25, 0.3) is 0 Å². The molecule has 2 N–H and O–H groups in total. The summed E-state index contributed by atoms with van der Waals surface area (Å²) >= 11 is 0. The van der Waals surface area contributed by atoms with Crippen LogP contribution in [0, 0.1) is 12.8 Å². The van der Waals surface area contributed by atoms with Gasteiger partial charge in [-0.1, -0.05) is 13.8 Å². The molecule has 5 nitrogen and oxygen atoms in total. The van der Waals surface area contributed by atoms with Crippen LogP contribution in [0.15, 0.2) is 23.1 Å². The molecule has 0 unspecified atom stereocenters. The number of sulfonamides is 1. The largest absolute Gasteiger partial charge is 0.491 e. The molecule has 1 aromatic carbocycles. The third kappa shape index (κ3) is 5.59. The molecule has 0 radical (unpaired) electrons. The molecule has 0 aliphatic carbocycles. The van der Waals surface area contributed by atoms with E-state index in [9.17, 15) is 8.42 Å². The van der Waals surface area contributed by atoms with Crippen LogP contribution in [0.4, 0.5) is 0 Å². The van der Waals surface area contributed by atoms with Crippen molar-refractivity contribution >= 4 is 10.0 Å². The molecule has 0 aliphatic rings. The van der Waals surface area contributed by atoms with Crippen molar-refractivity contribution in [2.45, 2.75) is 25.7 Å². The van der Waals surface area contributed by atoms with Gasteiger partial charge in [0.05, 0.1) is 11.5 Å². The molecule has 0 bridgehead atoms. The molecular weight excluding hydrogens is 266 g/mol. The summed E-state index contributed by atoms with van der Waals surface area (Å²) in [6.45, 7) is 7.48. The van der Waals surface area contributed by atoms with Gasteiger partial charge >= 0.3 is 0 Å². The third-order valence-electron chi connectivity index (χ3n) is 2.40. The van der Waals surface area contributed by atoms with Crippen LogP contribution in [0.5, 0.6) is 5.75 Å². The van der Waals surface area contributed by atoms with Crippen LogP contribution in [0.1, 0.15) is 19.4 Å². The maximum atomic E-state index is 11.2. The highest BCUT2D eigenvalue weighted by atomic mass is 32.2. The molecule has 1 aromatic rings. The van der Waals surface area contributed by atoms with Gasteiger partial charge in [0, 0.05) is 6.61 Å². The van der Waals surface area contributed by atoms with Gasteiger partial charge in [-0.2, -0.15) is 0 Å². The molecular formula is C13H21NO4S. The van der Waals surface area contributed by atoms with E-state index in [2.05, 4.69) is 13.8 Å². The van der Waals surface area contributed by atoms with Crippen LogP contribution < -0.4 is 9.88 Å². The zero-order valence-corrected chi connectivity index (χ0v) is 12.4. The number of rotatable bonds is 7. The maximum Gasteiger partial charge on any atom is 0.238 e. The first-order chi connectivity index (χ1) is 8.80. The van der Waals surface area contributed by atoms with E-state index < -0.39 is 10.0 Å².